The zero-order chi connectivity index (χ0) is 20.3. The molecule has 0 spiro atoms. The minimum absolute atomic E-state index is 0.177. The standard InChI is InChI=1S/C19H24N4O4S/c1-22(2)28(26,27)23-8-4-5-14(12-23)9-17-11-18(21-13-20-17)15-6-3-7-16(10-15)19(24)25/h3,6-7,10-11,13-14H,4-5,8-9,12H2,1-2H3,(H,24,25)/t14-/m0/s1. The zero-order valence-corrected chi connectivity index (χ0v) is 16.8. The van der Waals surface area contributed by atoms with E-state index >= 15 is 0 Å². The van der Waals surface area contributed by atoms with E-state index in [1.54, 1.807) is 26.2 Å². The Kier molecular flexibility index (Phi) is 6.07. The van der Waals surface area contributed by atoms with Gasteiger partial charge in [-0.1, -0.05) is 12.1 Å². The molecular formula is C19H24N4O4S. The molecule has 9 heteroatoms. The van der Waals surface area contributed by atoms with Gasteiger partial charge in [0.2, 0.25) is 0 Å². The predicted octanol–water partition coefficient (Wildman–Crippen LogP) is 1.90. The zero-order valence-electron chi connectivity index (χ0n) is 15.9. The van der Waals surface area contributed by atoms with Crippen LogP contribution in [-0.4, -0.2) is 65.3 Å². The molecule has 1 N–H and O–H groups in total. The van der Waals surface area contributed by atoms with Crippen LogP contribution in [0, 0.1) is 5.92 Å². The van der Waals surface area contributed by atoms with E-state index in [1.165, 1.54) is 21.0 Å². The van der Waals surface area contributed by atoms with Crippen LogP contribution in [0.5, 0.6) is 0 Å². The van der Waals surface area contributed by atoms with E-state index in [0.29, 0.717) is 30.8 Å². The molecule has 1 fully saturated rings. The van der Waals surface area contributed by atoms with Gasteiger partial charge in [-0.05, 0) is 43.4 Å². The monoisotopic (exact) mass is 404 g/mol. The van der Waals surface area contributed by atoms with Crippen molar-refractivity contribution in [2.45, 2.75) is 19.3 Å². The number of hydrogen-bond acceptors (Lipinski definition) is 5. The van der Waals surface area contributed by atoms with Gasteiger partial charge in [0, 0.05) is 38.4 Å². The first kappa shape index (κ1) is 20.4. The van der Waals surface area contributed by atoms with Crippen molar-refractivity contribution in [2.24, 2.45) is 5.92 Å². The average molecular weight is 404 g/mol. The van der Waals surface area contributed by atoms with Crippen molar-refractivity contribution in [3.63, 3.8) is 0 Å². The lowest BCUT2D eigenvalue weighted by Crippen LogP contribution is -2.45. The van der Waals surface area contributed by atoms with E-state index in [-0.39, 0.29) is 11.5 Å². The summed E-state index contributed by atoms with van der Waals surface area (Å²) in [4.78, 5) is 19.8. The summed E-state index contributed by atoms with van der Waals surface area (Å²) in [5, 5.41) is 9.17. The summed E-state index contributed by atoms with van der Waals surface area (Å²) in [7, 11) is -0.326. The first-order valence-corrected chi connectivity index (χ1v) is 10.5. The van der Waals surface area contributed by atoms with Crippen LogP contribution in [0.1, 0.15) is 28.9 Å². The summed E-state index contributed by atoms with van der Waals surface area (Å²) >= 11 is 0. The van der Waals surface area contributed by atoms with Gasteiger partial charge in [0.1, 0.15) is 6.33 Å². The Hall–Kier alpha value is -2.36. The number of carboxylic acid groups (broad SMARTS) is 1. The lowest BCUT2D eigenvalue weighted by molar-refractivity contribution is 0.0697. The largest absolute Gasteiger partial charge is 0.478 e. The maximum absolute atomic E-state index is 12.4. The fourth-order valence-corrected chi connectivity index (χ4v) is 4.63. The summed E-state index contributed by atoms with van der Waals surface area (Å²) in [6, 6.07) is 8.47. The summed E-state index contributed by atoms with van der Waals surface area (Å²) in [5.41, 5.74) is 2.39. The maximum Gasteiger partial charge on any atom is 0.335 e. The van der Waals surface area contributed by atoms with Crippen LogP contribution in [0.2, 0.25) is 0 Å². The van der Waals surface area contributed by atoms with Gasteiger partial charge in [-0.2, -0.15) is 17.0 Å². The quantitative estimate of drug-likeness (QED) is 0.789. The number of aromatic carboxylic acids is 1. The normalized spacial score (nSPS) is 18.3. The highest BCUT2D eigenvalue weighted by molar-refractivity contribution is 7.86. The Morgan fingerprint density at radius 2 is 2.07 bits per heavy atom. The summed E-state index contributed by atoms with van der Waals surface area (Å²) in [6.45, 7) is 1.00. The molecule has 1 aliphatic heterocycles. The van der Waals surface area contributed by atoms with Crippen LogP contribution in [0.15, 0.2) is 36.7 Å². The highest BCUT2D eigenvalue weighted by Crippen LogP contribution is 2.25. The van der Waals surface area contributed by atoms with Crippen molar-refractivity contribution in [1.29, 1.82) is 0 Å². The topological polar surface area (TPSA) is 104 Å². The van der Waals surface area contributed by atoms with Crippen molar-refractivity contribution < 1.29 is 18.3 Å². The summed E-state index contributed by atoms with van der Waals surface area (Å²) < 4.78 is 27.5. The third-order valence-corrected chi connectivity index (χ3v) is 6.80. The van der Waals surface area contributed by atoms with Crippen molar-refractivity contribution in [2.75, 3.05) is 27.2 Å². The van der Waals surface area contributed by atoms with E-state index < -0.39 is 16.2 Å². The molecule has 0 bridgehead atoms. The Morgan fingerprint density at radius 1 is 1.29 bits per heavy atom. The van der Waals surface area contributed by atoms with E-state index in [9.17, 15) is 13.2 Å². The Bertz CT molecular complexity index is 962. The first-order valence-electron chi connectivity index (χ1n) is 9.09. The minimum atomic E-state index is -3.41. The van der Waals surface area contributed by atoms with Crippen molar-refractivity contribution in [3.05, 3.63) is 47.9 Å². The lowest BCUT2D eigenvalue weighted by Gasteiger charge is -2.33. The number of benzene rings is 1. The van der Waals surface area contributed by atoms with Crippen LogP contribution in [0.3, 0.4) is 0 Å². The molecule has 0 aliphatic carbocycles. The molecule has 1 aromatic heterocycles. The fourth-order valence-electron chi connectivity index (χ4n) is 3.41. The van der Waals surface area contributed by atoms with Crippen LogP contribution in [0.4, 0.5) is 0 Å². The lowest BCUT2D eigenvalue weighted by atomic mass is 9.94. The minimum Gasteiger partial charge on any atom is -0.478 e. The first-order chi connectivity index (χ1) is 13.3. The van der Waals surface area contributed by atoms with Gasteiger partial charge in [-0.15, -0.1) is 0 Å². The molecule has 1 aromatic carbocycles. The number of rotatable bonds is 6. The smallest absolute Gasteiger partial charge is 0.335 e. The molecule has 1 aliphatic rings. The third-order valence-electron chi connectivity index (χ3n) is 4.90. The molecule has 8 nitrogen and oxygen atoms in total. The van der Waals surface area contributed by atoms with Gasteiger partial charge in [0.25, 0.3) is 10.2 Å². The van der Waals surface area contributed by atoms with Gasteiger partial charge in [-0.3, -0.25) is 0 Å². The number of piperidine rings is 1. The maximum atomic E-state index is 12.4. The molecule has 1 saturated heterocycles. The van der Waals surface area contributed by atoms with Crippen LogP contribution in [0.25, 0.3) is 11.3 Å². The predicted molar refractivity (Wildman–Crippen MR) is 105 cm³/mol. The second-order valence-electron chi connectivity index (χ2n) is 7.14. The number of hydrogen-bond donors (Lipinski definition) is 1. The molecule has 150 valence electrons. The van der Waals surface area contributed by atoms with Crippen molar-refractivity contribution >= 4 is 16.2 Å². The molecule has 28 heavy (non-hydrogen) atoms. The summed E-state index contributed by atoms with van der Waals surface area (Å²) in [5.74, 6) is -0.808. The fraction of sp³-hybridized carbons (Fsp3) is 0.421. The number of carboxylic acids is 1. The average Bonchev–Trinajstić information content (AvgIpc) is 2.68. The molecule has 0 unspecified atom stereocenters. The molecular weight excluding hydrogens is 380 g/mol. The SMILES string of the molecule is CN(C)S(=O)(=O)N1CCC[C@@H](Cc2cc(-c3cccc(C(=O)O)c3)ncn2)C1. The second-order valence-corrected chi connectivity index (χ2v) is 9.28. The van der Waals surface area contributed by atoms with Gasteiger partial charge in [0.15, 0.2) is 0 Å². The number of carbonyl (C=O) groups is 1. The number of nitrogens with zero attached hydrogens (tertiary/aromatic N) is 4. The molecule has 2 aromatic rings. The Balaban J connectivity index is 1.76. The number of aromatic nitrogens is 2. The van der Waals surface area contributed by atoms with E-state index in [2.05, 4.69) is 9.97 Å². The van der Waals surface area contributed by atoms with Gasteiger partial charge in [-0.25, -0.2) is 14.8 Å². The highest BCUT2D eigenvalue weighted by Gasteiger charge is 2.30. The third kappa shape index (κ3) is 4.54. The second kappa shape index (κ2) is 8.34. The van der Waals surface area contributed by atoms with Crippen LogP contribution >= 0.6 is 0 Å². The van der Waals surface area contributed by atoms with Gasteiger partial charge in [0.05, 0.1) is 11.3 Å². The Labute approximate surface area is 165 Å². The van der Waals surface area contributed by atoms with Crippen molar-refractivity contribution in [1.82, 2.24) is 18.6 Å². The van der Waals surface area contributed by atoms with Gasteiger partial charge >= 0.3 is 5.97 Å². The van der Waals surface area contributed by atoms with Crippen LogP contribution in [-0.2, 0) is 16.6 Å². The molecule has 0 amide bonds. The molecule has 0 radical (unpaired) electrons. The van der Waals surface area contributed by atoms with Gasteiger partial charge < -0.3 is 5.11 Å². The van der Waals surface area contributed by atoms with E-state index in [0.717, 1.165) is 18.5 Å². The summed E-state index contributed by atoms with van der Waals surface area (Å²) in [6.07, 6.45) is 3.87. The van der Waals surface area contributed by atoms with Crippen molar-refractivity contribution in [3.8, 4) is 11.3 Å². The van der Waals surface area contributed by atoms with E-state index in [4.69, 9.17) is 5.11 Å². The highest BCUT2D eigenvalue weighted by atomic mass is 32.2. The molecule has 1 atom stereocenters. The van der Waals surface area contributed by atoms with E-state index in [1.807, 2.05) is 12.1 Å². The molecule has 0 saturated carbocycles. The van der Waals surface area contributed by atoms with Crippen LogP contribution < -0.4 is 0 Å². The molecule has 3 rings (SSSR count). The Morgan fingerprint density at radius 3 is 2.79 bits per heavy atom. The molecule has 2 heterocycles.